The van der Waals surface area contributed by atoms with E-state index < -0.39 is 19.5 Å². The van der Waals surface area contributed by atoms with Crippen molar-refractivity contribution in [3.05, 3.63) is 75.8 Å². The van der Waals surface area contributed by atoms with Crippen LogP contribution in [0.3, 0.4) is 0 Å². The first-order valence-corrected chi connectivity index (χ1v) is 17.6. The number of amides is 2. The Hall–Kier alpha value is -2.65. The lowest BCUT2D eigenvalue weighted by Crippen LogP contribution is -2.67. The minimum Gasteiger partial charge on any atom is -0.361 e. The van der Waals surface area contributed by atoms with Crippen LogP contribution < -0.4 is 10.3 Å². The lowest BCUT2D eigenvalue weighted by atomic mass is 9.58. The molecule has 2 aromatic carbocycles. The van der Waals surface area contributed by atoms with Crippen molar-refractivity contribution < 1.29 is 14.3 Å². The molecular formula is C29H34Cl2N4O3Si. The average Bonchev–Trinajstić information content (AvgIpc) is 3.08. The summed E-state index contributed by atoms with van der Waals surface area (Å²) in [5.41, 5.74) is 4.76. The van der Waals surface area contributed by atoms with Crippen molar-refractivity contribution in [2.24, 2.45) is 5.10 Å². The highest BCUT2D eigenvalue weighted by molar-refractivity contribution is 6.76. The van der Waals surface area contributed by atoms with Crippen LogP contribution in [0.4, 0.5) is 5.69 Å². The Balaban J connectivity index is 1.70. The molecule has 3 atom stereocenters. The fourth-order valence-electron chi connectivity index (χ4n) is 6.20. The van der Waals surface area contributed by atoms with Crippen LogP contribution in [0.1, 0.15) is 30.4 Å². The van der Waals surface area contributed by atoms with E-state index in [2.05, 4.69) is 36.7 Å². The maximum Gasteiger partial charge on any atom is 0.259 e. The van der Waals surface area contributed by atoms with Crippen molar-refractivity contribution >= 4 is 54.6 Å². The second-order valence-corrected chi connectivity index (χ2v) is 18.4. The Morgan fingerprint density at radius 3 is 2.62 bits per heavy atom. The van der Waals surface area contributed by atoms with Gasteiger partial charge >= 0.3 is 0 Å². The van der Waals surface area contributed by atoms with Gasteiger partial charge in [0.05, 0.1) is 11.7 Å². The van der Waals surface area contributed by atoms with Gasteiger partial charge in [-0.1, -0.05) is 73.2 Å². The van der Waals surface area contributed by atoms with Gasteiger partial charge < -0.3 is 9.64 Å². The molecule has 1 spiro atoms. The number of nitrogens with zero attached hydrogens (tertiary/aromatic N) is 3. The zero-order valence-corrected chi connectivity index (χ0v) is 25.3. The second-order valence-electron chi connectivity index (χ2n) is 11.9. The van der Waals surface area contributed by atoms with E-state index >= 15 is 0 Å². The van der Waals surface area contributed by atoms with Gasteiger partial charge in [-0.15, -0.1) is 0 Å². The van der Waals surface area contributed by atoms with Crippen LogP contribution in [0.5, 0.6) is 0 Å². The predicted octanol–water partition coefficient (Wildman–Crippen LogP) is 5.77. The SMILES string of the molecule is C=C(C)[C@@H]1N2CC(=O)NN=C2C[C@@H](c2cccc(Cl)c2)[C@]12C(=O)N(COCC[Si](C)(C)C)c1cc(Cl)ccc12. The number of amidine groups is 1. The zero-order valence-electron chi connectivity index (χ0n) is 22.8. The van der Waals surface area contributed by atoms with E-state index in [0.717, 1.165) is 28.4 Å². The van der Waals surface area contributed by atoms with Gasteiger partial charge in [0.15, 0.2) is 0 Å². The molecule has 0 radical (unpaired) electrons. The number of hydrogen-bond acceptors (Lipinski definition) is 5. The number of ether oxygens (including phenoxy) is 1. The molecule has 2 amide bonds. The number of anilines is 1. The Bertz CT molecular complexity index is 1370. The van der Waals surface area contributed by atoms with E-state index in [1.54, 1.807) is 4.90 Å². The van der Waals surface area contributed by atoms with Crippen LogP contribution in [0.2, 0.25) is 35.7 Å². The quantitative estimate of drug-likeness (QED) is 0.255. The number of hydrazone groups is 1. The van der Waals surface area contributed by atoms with Crippen LogP contribution >= 0.6 is 23.2 Å². The number of hydrogen-bond donors (Lipinski definition) is 1. The molecule has 0 aliphatic carbocycles. The van der Waals surface area contributed by atoms with Gasteiger partial charge in [0, 0.05) is 37.1 Å². The molecule has 1 N–H and O–H groups in total. The molecule has 0 aromatic heterocycles. The minimum absolute atomic E-state index is 0.0866. The fraction of sp³-hybridized carbons (Fsp3) is 0.414. The van der Waals surface area contributed by atoms with E-state index in [0.29, 0.717) is 28.9 Å². The molecule has 206 valence electrons. The van der Waals surface area contributed by atoms with Gasteiger partial charge in [-0.2, -0.15) is 5.10 Å². The molecule has 0 bridgehead atoms. The number of halogens is 2. The summed E-state index contributed by atoms with van der Waals surface area (Å²) < 4.78 is 6.13. The van der Waals surface area contributed by atoms with Crippen molar-refractivity contribution in [2.45, 2.75) is 56.4 Å². The van der Waals surface area contributed by atoms with E-state index in [1.165, 1.54) is 0 Å². The maximum atomic E-state index is 15.0. The summed E-state index contributed by atoms with van der Waals surface area (Å²) in [5.74, 6) is 0.0547. The Morgan fingerprint density at radius 1 is 1.18 bits per heavy atom. The summed E-state index contributed by atoms with van der Waals surface area (Å²) in [7, 11) is -1.31. The summed E-state index contributed by atoms with van der Waals surface area (Å²) in [6.07, 6.45) is 0.433. The van der Waals surface area contributed by atoms with E-state index in [1.807, 2.05) is 54.3 Å². The standard InChI is InChI=1S/C29H34Cl2N4O3Si/c1-18(2)27-29(23(19-7-6-8-20(30)13-19)15-25-32-33-26(36)16-34(25)27)22-10-9-21(31)14-24(22)35(28(29)37)17-38-11-12-39(3,4)5/h6-10,13-14,23,27H,1,11-12,15-17H2,2-5H3,(H,33,36)/t23-,27-,29-/m0/s1. The molecule has 1 saturated heterocycles. The van der Waals surface area contributed by atoms with Crippen molar-refractivity contribution in [3.8, 4) is 0 Å². The molecule has 0 unspecified atom stereocenters. The number of rotatable bonds is 7. The zero-order chi connectivity index (χ0) is 28.1. The third-order valence-corrected chi connectivity index (χ3v) is 10.0. The lowest BCUT2D eigenvalue weighted by molar-refractivity contribution is -0.130. The van der Waals surface area contributed by atoms with Gasteiger partial charge in [-0.3, -0.25) is 14.5 Å². The van der Waals surface area contributed by atoms with Gasteiger partial charge in [0.2, 0.25) is 5.91 Å². The molecule has 2 aromatic rings. The molecule has 3 aliphatic rings. The summed E-state index contributed by atoms with van der Waals surface area (Å²) in [6.45, 7) is 13.9. The number of carbonyl (C=O) groups is 2. The van der Waals surface area contributed by atoms with Crippen LogP contribution in [-0.2, 0) is 19.7 Å². The van der Waals surface area contributed by atoms with Crippen molar-refractivity contribution in [1.29, 1.82) is 0 Å². The molecule has 39 heavy (non-hydrogen) atoms. The van der Waals surface area contributed by atoms with Crippen molar-refractivity contribution in [1.82, 2.24) is 10.3 Å². The molecule has 10 heteroatoms. The molecule has 5 rings (SSSR count). The molecular weight excluding hydrogens is 551 g/mol. The molecule has 0 saturated carbocycles. The fourth-order valence-corrected chi connectivity index (χ4v) is 7.33. The molecule has 3 heterocycles. The van der Waals surface area contributed by atoms with Gasteiger partial charge in [-0.25, -0.2) is 5.43 Å². The van der Waals surface area contributed by atoms with Crippen molar-refractivity contribution in [2.75, 3.05) is 24.8 Å². The molecule has 3 aliphatic heterocycles. The topological polar surface area (TPSA) is 74.2 Å². The van der Waals surface area contributed by atoms with Crippen LogP contribution in [-0.4, -0.2) is 56.5 Å². The van der Waals surface area contributed by atoms with Gasteiger partial charge in [0.25, 0.3) is 5.91 Å². The predicted molar refractivity (Wildman–Crippen MR) is 159 cm³/mol. The number of piperidine rings is 1. The first kappa shape index (κ1) is 27.9. The summed E-state index contributed by atoms with van der Waals surface area (Å²) in [6, 6.07) is 13.7. The highest BCUT2D eigenvalue weighted by Gasteiger charge is 2.65. The normalized spacial score (nSPS) is 24.4. The number of fused-ring (bicyclic) bond motifs is 3. The third kappa shape index (κ3) is 4.92. The van der Waals surface area contributed by atoms with E-state index in [9.17, 15) is 9.59 Å². The van der Waals surface area contributed by atoms with Crippen LogP contribution in [0, 0.1) is 0 Å². The number of carbonyl (C=O) groups excluding carboxylic acids is 2. The summed E-state index contributed by atoms with van der Waals surface area (Å²) >= 11 is 13.0. The second kappa shape index (κ2) is 10.4. The minimum atomic E-state index is -1.31. The average molecular weight is 586 g/mol. The largest absolute Gasteiger partial charge is 0.361 e. The van der Waals surface area contributed by atoms with Crippen molar-refractivity contribution in [3.63, 3.8) is 0 Å². The number of nitrogens with one attached hydrogen (secondary N) is 1. The number of benzene rings is 2. The third-order valence-electron chi connectivity index (χ3n) is 7.86. The summed E-state index contributed by atoms with van der Waals surface area (Å²) in [4.78, 5) is 31.1. The Morgan fingerprint density at radius 2 is 1.92 bits per heavy atom. The Kier molecular flexibility index (Phi) is 7.43. The smallest absolute Gasteiger partial charge is 0.259 e. The van der Waals surface area contributed by atoms with E-state index in [-0.39, 0.29) is 31.0 Å². The first-order chi connectivity index (χ1) is 18.4. The molecule has 7 nitrogen and oxygen atoms in total. The van der Waals surface area contributed by atoms with Gasteiger partial charge in [-0.05, 0) is 48.4 Å². The van der Waals surface area contributed by atoms with Crippen LogP contribution in [0.25, 0.3) is 0 Å². The lowest BCUT2D eigenvalue weighted by Gasteiger charge is -2.53. The van der Waals surface area contributed by atoms with Gasteiger partial charge in [0.1, 0.15) is 24.5 Å². The van der Waals surface area contributed by atoms with E-state index in [4.69, 9.17) is 27.9 Å². The first-order valence-electron chi connectivity index (χ1n) is 13.2. The monoisotopic (exact) mass is 584 g/mol. The highest BCUT2D eigenvalue weighted by Crippen LogP contribution is 2.58. The highest BCUT2D eigenvalue weighted by atomic mass is 35.5. The molecule has 1 fully saturated rings. The Labute approximate surface area is 240 Å². The summed E-state index contributed by atoms with van der Waals surface area (Å²) in [5, 5.41) is 5.54. The van der Waals surface area contributed by atoms with Crippen LogP contribution in [0.15, 0.2) is 59.7 Å². The maximum absolute atomic E-state index is 15.0.